The standard InChI is InChI=1S/C15H35N3O/c1-6-17(7-2)11-9-12-18(8-3)13-10-15(4,14-19)16-5/h16,19H,6-14H2,1-5H3. The number of hydrogen-bond donors (Lipinski definition) is 2. The molecule has 0 aromatic rings. The maximum atomic E-state index is 9.40. The van der Waals surface area contributed by atoms with Gasteiger partial charge in [-0.2, -0.15) is 0 Å². The molecule has 116 valence electrons. The van der Waals surface area contributed by atoms with Gasteiger partial charge in [0.25, 0.3) is 0 Å². The van der Waals surface area contributed by atoms with Crippen molar-refractivity contribution in [2.24, 2.45) is 0 Å². The van der Waals surface area contributed by atoms with Crippen LogP contribution >= 0.6 is 0 Å². The molecule has 1 unspecified atom stereocenters. The van der Waals surface area contributed by atoms with Crippen molar-refractivity contribution in [3.8, 4) is 0 Å². The van der Waals surface area contributed by atoms with Crippen LogP contribution in [-0.2, 0) is 0 Å². The van der Waals surface area contributed by atoms with Crippen molar-refractivity contribution in [2.45, 2.75) is 46.1 Å². The van der Waals surface area contributed by atoms with Crippen molar-refractivity contribution in [3.05, 3.63) is 0 Å². The summed E-state index contributed by atoms with van der Waals surface area (Å²) < 4.78 is 0. The van der Waals surface area contributed by atoms with E-state index in [4.69, 9.17) is 0 Å². The molecule has 19 heavy (non-hydrogen) atoms. The molecule has 4 nitrogen and oxygen atoms in total. The summed E-state index contributed by atoms with van der Waals surface area (Å²) in [6.45, 7) is 15.7. The first-order valence-electron chi connectivity index (χ1n) is 7.79. The average molecular weight is 273 g/mol. The molecular formula is C15H35N3O. The van der Waals surface area contributed by atoms with E-state index >= 15 is 0 Å². The average Bonchev–Trinajstić information content (AvgIpc) is 2.46. The summed E-state index contributed by atoms with van der Waals surface area (Å²) in [5.74, 6) is 0. The van der Waals surface area contributed by atoms with E-state index in [0.29, 0.717) is 0 Å². The zero-order valence-electron chi connectivity index (χ0n) is 13.7. The smallest absolute Gasteiger partial charge is 0.0610 e. The van der Waals surface area contributed by atoms with Gasteiger partial charge in [-0.25, -0.2) is 0 Å². The van der Waals surface area contributed by atoms with Crippen LogP contribution in [0, 0.1) is 0 Å². The Morgan fingerprint density at radius 1 is 0.947 bits per heavy atom. The van der Waals surface area contributed by atoms with Gasteiger partial charge in [-0.3, -0.25) is 0 Å². The Morgan fingerprint density at radius 2 is 1.47 bits per heavy atom. The highest BCUT2D eigenvalue weighted by atomic mass is 16.3. The number of aliphatic hydroxyl groups is 1. The second-order valence-corrected chi connectivity index (χ2v) is 5.53. The molecule has 0 aliphatic rings. The SMILES string of the molecule is CCN(CC)CCCN(CC)CCC(C)(CO)NC. The van der Waals surface area contributed by atoms with E-state index < -0.39 is 0 Å². The third-order valence-electron chi connectivity index (χ3n) is 4.22. The minimum atomic E-state index is -0.147. The summed E-state index contributed by atoms with van der Waals surface area (Å²) in [5.41, 5.74) is -0.147. The van der Waals surface area contributed by atoms with Crippen LogP contribution in [0.15, 0.2) is 0 Å². The minimum Gasteiger partial charge on any atom is -0.394 e. The zero-order valence-corrected chi connectivity index (χ0v) is 13.7. The van der Waals surface area contributed by atoms with Crippen LogP contribution in [0.4, 0.5) is 0 Å². The summed E-state index contributed by atoms with van der Waals surface area (Å²) in [6, 6.07) is 0. The van der Waals surface area contributed by atoms with E-state index in [2.05, 4.69) is 42.8 Å². The number of rotatable bonds is 12. The van der Waals surface area contributed by atoms with E-state index in [9.17, 15) is 5.11 Å². The fourth-order valence-corrected chi connectivity index (χ4v) is 2.17. The number of aliphatic hydroxyl groups excluding tert-OH is 1. The summed E-state index contributed by atoms with van der Waals surface area (Å²) in [7, 11) is 1.92. The highest BCUT2D eigenvalue weighted by molar-refractivity contribution is 4.81. The first-order valence-corrected chi connectivity index (χ1v) is 7.79. The molecule has 0 bridgehead atoms. The monoisotopic (exact) mass is 273 g/mol. The first kappa shape index (κ1) is 18.8. The van der Waals surface area contributed by atoms with Crippen LogP contribution in [0.3, 0.4) is 0 Å². The molecule has 0 fully saturated rings. The quantitative estimate of drug-likeness (QED) is 0.564. The van der Waals surface area contributed by atoms with E-state index in [1.165, 1.54) is 13.0 Å². The van der Waals surface area contributed by atoms with Gasteiger partial charge in [0.2, 0.25) is 0 Å². The second-order valence-electron chi connectivity index (χ2n) is 5.53. The van der Waals surface area contributed by atoms with Gasteiger partial charge in [0.1, 0.15) is 0 Å². The van der Waals surface area contributed by atoms with E-state index in [1.807, 2.05) is 7.05 Å². The van der Waals surface area contributed by atoms with E-state index in [0.717, 1.165) is 39.1 Å². The Hall–Kier alpha value is -0.160. The topological polar surface area (TPSA) is 38.7 Å². The van der Waals surface area contributed by atoms with Gasteiger partial charge in [-0.15, -0.1) is 0 Å². The molecule has 0 spiro atoms. The van der Waals surface area contributed by atoms with Gasteiger partial charge >= 0.3 is 0 Å². The maximum Gasteiger partial charge on any atom is 0.0610 e. The Labute approximate surface area is 120 Å². The molecule has 0 aromatic heterocycles. The maximum absolute atomic E-state index is 9.40. The minimum absolute atomic E-state index is 0.147. The number of nitrogens with one attached hydrogen (secondary N) is 1. The van der Waals surface area contributed by atoms with Gasteiger partial charge in [0.05, 0.1) is 6.61 Å². The zero-order chi connectivity index (χ0) is 14.7. The van der Waals surface area contributed by atoms with Crippen molar-refractivity contribution in [1.82, 2.24) is 15.1 Å². The van der Waals surface area contributed by atoms with Crippen molar-refractivity contribution < 1.29 is 5.11 Å². The molecular weight excluding hydrogens is 238 g/mol. The largest absolute Gasteiger partial charge is 0.394 e. The lowest BCUT2D eigenvalue weighted by molar-refractivity contribution is 0.151. The molecule has 0 aliphatic heterocycles. The molecule has 0 saturated heterocycles. The highest BCUT2D eigenvalue weighted by Crippen LogP contribution is 2.09. The van der Waals surface area contributed by atoms with Gasteiger partial charge in [0.15, 0.2) is 0 Å². The molecule has 0 rings (SSSR count). The van der Waals surface area contributed by atoms with Gasteiger partial charge in [-0.1, -0.05) is 20.8 Å². The Kier molecular flexibility index (Phi) is 10.5. The summed E-state index contributed by atoms with van der Waals surface area (Å²) >= 11 is 0. The molecule has 1 atom stereocenters. The van der Waals surface area contributed by atoms with Gasteiger partial charge in [-0.05, 0) is 66.1 Å². The Balaban J connectivity index is 3.95. The van der Waals surface area contributed by atoms with E-state index in [-0.39, 0.29) is 12.1 Å². The first-order chi connectivity index (χ1) is 9.05. The molecule has 2 N–H and O–H groups in total. The third-order valence-corrected chi connectivity index (χ3v) is 4.22. The van der Waals surface area contributed by atoms with Crippen molar-refractivity contribution in [3.63, 3.8) is 0 Å². The fraction of sp³-hybridized carbons (Fsp3) is 1.00. The lowest BCUT2D eigenvalue weighted by Crippen LogP contribution is -2.46. The van der Waals surface area contributed by atoms with Crippen molar-refractivity contribution in [2.75, 3.05) is 52.9 Å². The Bertz CT molecular complexity index is 204. The number of nitrogens with zero attached hydrogens (tertiary/aromatic N) is 2. The highest BCUT2D eigenvalue weighted by Gasteiger charge is 2.21. The summed E-state index contributed by atoms with van der Waals surface area (Å²) in [6.07, 6.45) is 2.21. The lowest BCUT2D eigenvalue weighted by atomic mass is 9.99. The van der Waals surface area contributed by atoms with Crippen LogP contribution in [0.25, 0.3) is 0 Å². The van der Waals surface area contributed by atoms with Crippen LogP contribution in [0.2, 0.25) is 0 Å². The number of likely N-dealkylation sites (N-methyl/N-ethyl adjacent to an activating group) is 1. The predicted octanol–water partition coefficient (Wildman–Crippen LogP) is 1.40. The molecule has 0 radical (unpaired) electrons. The molecule has 0 heterocycles. The molecule has 0 saturated carbocycles. The molecule has 0 aromatic carbocycles. The second kappa shape index (κ2) is 10.6. The van der Waals surface area contributed by atoms with E-state index in [1.54, 1.807) is 0 Å². The molecule has 4 heteroatoms. The van der Waals surface area contributed by atoms with Crippen LogP contribution in [-0.4, -0.2) is 73.4 Å². The Morgan fingerprint density at radius 3 is 1.89 bits per heavy atom. The summed E-state index contributed by atoms with van der Waals surface area (Å²) in [4.78, 5) is 4.95. The third kappa shape index (κ3) is 7.88. The molecule has 0 aliphatic carbocycles. The van der Waals surface area contributed by atoms with Gasteiger partial charge in [0, 0.05) is 5.54 Å². The fourth-order valence-electron chi connectivity index (χ4n) is 2.17. The van der Waals surface area contributed by atoms with Crippen LogP contribution in [0.1, 0.15) is 40.5 Å². The van der Waals surface area contributed by atoms with Gasteiger partial charge < -0.3 is 20.2 Å². The summed E-state index contributed by atoms with van der Waals surface area (Å²) in [5, 5.41) is 12.6. The van der Waals surface area contributed by atoms with Crippen molar-refractivity contribution >= 4 is 0 Å². The van der Waals surface area contributed by atoms with Crippen molar-refractivity contribution in [1.29, 1.82) is 0 Å². The van der Waals surface area contributed by atoms with Crippen LogP contribution < -0.4 is 5.32 Å². The van der Waals surface area contributed by atoms with Crippen LogP contribution in [0.5, 0.6) is 0 Å². The lowest BCUT2D eigenvalue weighted by Gasteiger charge is -2.30. The molecule has 0 amide bonds. The normalized spacial score (nSPS) is 15.2. The number of hydrogen-bond acceptors (Lipinski definition) is 4. The predicted molar refractivity (Wildman–Crippen MR) is 83.7 cm³/mol.